The lowest BCUT2D eigenvalue weighted by molar-refractivity contribution is 0.0266. The fraction of sp³-hybridized carbons (Fsp3) is 1.00. The van der Waals surface area contributed by atoms with Gasteiger partial charge in [0.25, 0.3) is 0 Å². The molecule has 1 atom stereocenters. The van der Waals surface area contributed by atoms with Gasteiger partial charge in [-0.25, -0.2) is 0 Å². The molecular formula is C5H14N2O2. The van der Waals surface area contributed by atoms with E-state index in [-0.39, 0.29) is 19.5 Å². The number of aliphatic hydroxyl groups excluding tert-OH is 2. The number of rotatable bonds is 4. The van der Waals surface area contributed by atoms with Gasteiger partial charge >= 0.3 is 0 Å². The maximum Gasteiger partial charge on any atom is 0.0974 e. The summed E-state index contributed by atoms with van der Waals surface area (Å²) in [7, 11) is 0. The smallest absolute Gasteiger partial charge is 0.0974 e. The van der Waals surface area contributed by atoms with Crippen LogP contribution in [0.25, 0.3) is 0 Å². The quantitative estimate of drug-likeness (QED) is 0.411. The third-order valence-electron chi connectivity index (χ3n) is 0.946. The van der Waals surface area contributed by atoms with E-state index in [1.54, 1.807) is 0 Å². The van der Waals surface area contributed by atoms with E-state index in [4.69, 9.17) is 15.9 Å². The summed E-state index contributed by atoms with van der Waals surface area (Å²) in [4.78, 5) is 1.44. The van der Waals surface area contributed by atoms with Crippen molar-refractivity contribution in [2.75, 3.05) is 20.0 Å². The molecule has 4 nitrogen and oxygen atoms in total. The van der Waals surface area contributed by atoms with Crippen LogP contribution < -0.4 is 5.73 Å². The van der Waals surface area contributed by atoms with Crippen molar-refractivity contribution in [3.05, 3.63) is 0 Å². The lowest BCUT2D eigenvalue weighted by atomic mass is 10.3. The van der Waals surface area contributed by atoms with Crippen molar-refractivity contribution in [1.82, 2.24) is 4.90 Å². The molecule has 4 heteroatoms. The van der Waals surface area contributed by atoms with Gasteiger partial charge in [0, 0.05) is 12.6 Å². The molecule has 0 saturated carbocycles. The van der Waals surface area contributed by atoms with E-state index in [0.717, 1.165) is 0 Å². The van der Waals surface area contributed by atoms with Crippen molar-refractivity contribution in [3.8, 4) is 0 Å². The van der Waals surface area contributed by atoms with Crippen molar-refractivity contribution in [1.29, 1.82) is 0 Å². The van der Waals surface area contributed by atoms with Gasteiger partial charge in [0.15, 0.2) is 0 Å². The average molecular weight is 134 g/mol. The molecule has 56 valence electrons. The highest BCUT2D eigenvalue weighted by Gasteiger charge is 2.02. The number of hydrogen-bond donors (Lipinski definition) is 3. The Hall–Kier alpha value is -0.160. The Morgan fingerprint density at radius 2 is 1.89 bits per heavy atom. The van der Waals surface area contributed by atoms with Gasteiger partial charge in [0.2, 0.25) is 0 Å². The summed E-state index contributed by atoms with van der Waals surface area (Å²) in [6.07, 6.45) is 0. The number of aliphatic hydroxyl groups is 2. The van der Waals surface area contributed by atoms with E-state index in [0.29, 0.717) is 6.54 Å². The summed E-state index contributed by atoms with van der Waals surface area (Å²) in [5.41, 5.74) is 5.38. The Morgan fingerprint density at radius 3 is 2.00 bits per heavy atom. The van der Waals surface area contributed by atoms with Crippen molar-refractivity contribution in [2.24, 2.45) is 5.73 Å². The van der Waals surface area contributed by atoms with Gasteiger partial charge in [-0.3, -0.25) is 4.90 Å². The van der Waals surface area contributed by atoms with E-state index in [2.05, 4.69) is 0 Å². The summed E-state index contributed by atoms with van der Waals surface area (Å²) >= 11 is 0. The van der Waals surface area contributed by atoms with Gasteiger partial charge in [-0.15, -0.1) is 0 Å². The highest BCUT2D eigenvalue weighted by atomic mass is 16.3. The molecule has 0 radical (unpaired) electrons. The van der Waals surface area contributed by atoms with Crippen molar-refractivity contribution in [3.63, 3.8) is 0 Å². The van der Waals surface area contributed by atoms with Gasteiger partial charge in [-0.2, -0.15) is 0 Å². The number of nitrogens with zero attached hydrogens (tertiary/aromatic N) is 1. The highest BCUT2D eigenvalue weighted by Crippen LogP contribution is 1.84. The van der Waals surface area contributed by atoms with Crippen LogP contribution in [0, 0.1) is 0 Å². The molecule has 0 rings (SSSR count). The predicted octanol–water partition coefficient (Wildman–Crippen LogP) is -1.46. The second-order valence-corrected chi connectivity index (χ2v) is 2.11. The first-order valence-corrected chi connectivity index (χ1v) is 2.90. The molecule has 0 aliphatic rings. The molecule has 0 aromatic heterocycles. The molecule has 1 unspecified atom stereocenters. The Bertz CT molecular complexity index is 64.0. The standard InChI is InChI=1S/C5H14N2O2/c1-5(6)2-7(3-8)4-9/h5,8-9H,2-4,6H2,1H3. The largest absolute Gasteiger partial charge is 0.381 e. The first kappa shape index (κ1) is 8.84. The summed E-state index contributed by atoms with van der Waals surface area (Å²) in [5, 5.41) is 17.0. The van der Waals surface area contributed by atoms with Crippen LogP contribution in [0.4, 0.5) is 0 Å². The molecule has 4 N–H and O–H groups in total. The normalized spacial score (nSPS) is 14.3. The molecule has 0 bridgehead atoms. The minimum absolute atomic E-state index is 0.00991. The van der Waals surface area contributed by atoms with Crippen LogP contribution in [-0.2, 0) is 0 Å². The van der Waals surface area contributed by atoms with Crippen LogP contribution in [0.15, 0.2) is 0 Å². The molecular weight excluding hydrogens is 120 g/mol. The third kappa shape index (κ3) is 4.35. The molecule has 0 aromatic rings. The lowest BCUT2D eigenvalue weighted by Crippen LogP contribution is -2.36. The van der Waals surface area contributed by atoms with Crippen LogP contribution in [0.3, 0.4) is 0 Å². The fourth-order valence-corrected chi connectivity index (χ4v) is 0.567. The maximum absolute atomic E-state index is 8.49. The van der Waals surface area contributed by atoms with Gasteiger partial charge in [-0.05, 0) is 6.92 Å². The predicted molar refractivity (Wildman–Crippen MR) is 34.5 cm³/mol. The first-order valence-electron chi connectivity index (χ1n) is 2.90. The molecule has 0 spiro atoms. The Kier molecular flexibility index (Phi) is 4.61. The van der Waals surface area contributed by atoms with Crippen molar-refractivity contribution < 1.29 is 10.2 Å². The van der Waals surface area contributed by atoms with Crippen LogP contribution >= 0.6 is 0 Å². The zero-order chi connectivity index (χ0) is 7.28. The summed E-state index contributed by atoms with van der Waals surface area (Å²) in [6.45, 7) is 2.06. The fourth-order valence-electron chi connectivity index (χ4n) is 0.567. The first-order chi connectivity index (χ1) is 4.20. The van der Waals surface area contributed by atoms with E-state index < -0.39 is 0 Å². The Morgan fingerprint density at radius 1 is 1.44 bits per heavy atom. The topological polar surface area (TPSA) is 69.7 Å². The monoisotopic (exact) mass is 134 g/mol. The second-order valence-electron chi connectivity index (χ2n) is 2.11. The summed E-state index contributed by atoms with van der Waals surface area (Å²) in [6, 6.07) is -0.00991. The average Bonchev–Trinajstić information content (AvgIpc) is 1.82. The summed E-state index contributed by atoms with van der Waals surface area (Å²) < 4.78 is 0. The zero-order valence-corrected chi connectivity index (χ0v) is 5.62. The van der Waals surface area contributed by atoms with Crippen LogP contribution in [-0.4, -0.2) is 41.2 Å². The van der Waals surface area contributed by atoms with Gasteiger partial charge < -0.3 is 15.9 Å². The zero-order valence-electron chi connectivity index (χ0n) is 5.62. The molecule has 0 aliphatic heterocycles. The van der Waals surface area contributed by atoms with Crippen LogP contribution in [0.1, 0.15) is 6.92 Å². The number of hydrogen-bond acceptors (Lipinski definition) is 4. The van der Waals surface area contributed by atoms with E-state index in [1.807, 2.05) is 6.92 Å². The minimum Gasteiger partial charge on any atom is -0.381 e. The number of nitrogens with two attached hydrogens (primary N) is 1. The Labute approximate surface area is 54.9 Å². The van der Waals surface area contributed by atoms with E-state index >= 15 is 0 Å². The summed E-state index contributed by atoms with van der Waals surface area (Å²) in [5.74, 6) is 0. The van der Waals surface area contributed by atoms with Gasteiger partial charge in [-0.1, -0.05) is 0 Å². The molecule has 0 aliphatic carbocycles. The van der Waals surface area contributed by atoms with Crippen LogP contribution in [0.5, 0.6) is 0 Å². The van der Waals surface area contributed by atoms with Gasteiger partial charge in [0.05, 0.1) is 13.5 Å². The highest BCUT2D eigenvalue weighted by molar-refractivity contribution is 4.56. The SMILES string of the molecule is CC(N)CN(CO)CO. The molecule has 0 saturated heterocycles. The molecule has 0 amide bonds. The Balaban J connectivity index is 3.31. The van der Waals surface area contributed by atoms with E-state index in [1.165, 1.54) is 4.90 Å². The third-order valence-corrected chi connectivity index (χ3v) is 0.946. The van der Waals surface area contributed by atoms with Gasteiger partial charge in [0.1, 0.15) is 0 Å². The minimum atomic E-state index is -0.141. The lowest BCUT2D eigenvalue weighted by Gasteiger charge is -2.17. The van der Waals surface area contributed by atoms with Crippen molar-refractivity contribution >= 4 is 0 Å². The molecule has 0 aromatic carbocycles. The maximum atomic E-state index is 8.49. The van der Waals surface area contributed by atoms with E-state index in [9.17, 15) is 0 Å². The molecule has 9 heavy (non-hydrogen) atoms. The van der Waals surface area contributed by atoms with Crippen molar-refractivity contribution in [2.45, 2.75) is 13.0 Å². The molecule has 0 heterocycles. The van der Waals surface area contributed by atoms with Crippen LogP contribution in [0.2, 0.25) is 0 Å². The second kappa shape index (κ2) is 4.69. The molecule has 0 fully saturated rings.